The molecule has 1 atom stereocenters. The molecule has 0 saturated heterocycles. The van der Waals surface area contributed by atoms with Gasteiger partial charge < -0.3 is 23.9 Å². The molecule has 0 aliphatic carbocycles. The van der Waals surface area contributed by atoms with Gasteiger partial charge in [-0.15, -0.1) is 0 Å². The standard InChI is InChI=1S/C37H45NO4.Na/c1-3-4-5-6-7-9-13-30-17-21-33(22-18-30)41-27-12-26-38-29(2)16-25-35(38)32-19-23-34(24-20-32)42-36(37(39)40)28-31-14-10-8-11-15-31;/h8,10-11,14-25,36H,3-7,9,12-13,26-28H2,1-2H3,(H,39,40);/q;+1/p-1/t36-;/m1./s1. The van der Waals surface area contributed by atoms with E-state index in [1.54, 1.807) is 0 Å². The van der Waals surface area contributed by atoms with Gasteiger partial charge in [0, 0.05) is 24.4 Å². The third kappa shape index (κ3) is 11.2. The minimum absolute atomic E-state index is 0. The molecule has 4 aromatic rings. The van der Waals surface area contributed by atoms with Crippen molar-refractivity contribution in [3.05, 3.63) is 108 Å². The van der Waals surface area contributed by atoms with Crippen molar-refractivity contribution < 1.29 is 48.9 Å². The Morgan fingerprint density at radius 3 is 2.14 bits per heavy atom. The minimum Gasteiger partial charge on any atom is -0.546 e. The van der Waals surface area contributed by atoms with Crippen LogP contribution in [0.25, 0.3) is 11.3 Å². The first-order valence-corrected chi connectivity index (χ1v) is 15.4. The van der Waals surface area contributed by atoms with E-state index in [1.165, 1.54) is 49.8 Å². The van der Waals surface area contributed by atoms with Gasteiger partial charge in [-0.3, -0.25) is 0 Å². The molecule has 5 nitrogen and oxygen atoms in total. The van der Waals surface area contributed by atoms with Crippen LogP contribution in [-0.4, -0.2) is 23.2 Å². The zero-order valence-electron chi connectivity index (χ0n) is 26.1. The van der Waals surface area contributed by atoms with Gasteiger partial charge in [0.2, 0.25) is 0 Å². The number of ether oxygens (including phenoxy) is 2. The van der Waals surface area contributed by atoms with Gasteiger partial charge in [-0.1, -0.05) is 81.5 Å². The number of carboxylic acids is 1. The molecule has 0 aliphatic rings. The molecule has 4 rings (SSSR count). The van der Waals surface area contributed by atoms with Crippen LogP contribution in [0.5, 0.6) is 11.5 Å². The Labute approximate surface area is 279 Å². The average molecular weight is 590 g/mol. The summed E-state index contributed by atoms with van der Waals surface area (Å²) < 4.78 is 14.1. The molecule has 3 aromatic carbocycles. The van der Waals surface area contributed by atoms with Crippen molar-refractivity contribution in [1.82, 2.24) is 4.57 Å². The van der Waals surface area contributed by atoms with Crippen molar-refractivity contribution >= 4 is 5.97 Å². The summed E-state index contributed by atoms with van der Waals surface area (Å²) in [6.07, 6.45) is 9.14. The number of aliphatic carboxylic acids is 1. The first-order chi connectivity index (χ1) is 20.5. The second kappa shape index (κ2) is 18.6. The van der Waals surface area contributed by atoms with Crippen LogP contribution in [-0.2, 0) is 24.2 Å². The molecule has 0 aliphatic heterocycles. The van der Waals surface area contributed by atoms with Crippen molar-refractivity contribution in [3.8, 4) is 22.8 Å². The van der Waals surface area contributed by atoms with E-state index in [9.17, 15) is 9.90 Å². The Bertz CT molecular complexity index is 1350. The number of unbranched alkanes of at least 4 members (excludes halogenated alkanes) is 5. The molecule has 222 valence electrons. The Kier molecular flexibility index (Phi) is 14.9. The Morgan fingerprint density at radius 1 is 0.767 bits per heavy atom. The molecule has 0 N–H and O–H groups in total. The van der Waals surface area contributed by atoms with E-state index in [-0.39, 0.29) is 36.0 Å². The molecule has 1 heterocycles. The molecule has 6 heteroatoms. The van der Waals surface area contributed by atoms with Crippen LogP contribution >= 0.6 is 0 Å². The van der Waals surface area contributed by atoms with E-state index in [0.717, 1.165) is 42.0 Å². The van der Waals surface area contributed by atoms with Gasteiger partial charge in [-0.25, -0.2) is 0 Å². The fraction of sp³-hybridized carbons (Fsp3) is 0.378. The third-order valence-electron chi connectivity index (χ3n) is 7.69. The van der Waals surface area contributed by atoms with Crippen LogP contribution < -0.4 is 44.1 Å². The summed E-state index contributed by atoms with van der Waals surface area (Å²) >= 11 is 0. The second-order valence-corrected chi connectivity index (χ2v) is 11.0. The van der Waals surface area contributed by atoms with E-state index >= 15 is 0 Å². The molecule has 1 aromatic heterocycles. The largest absolute Gasteiger partial charge is 1.00 e. The average Bonchev–Trinajstić information content (AvgIpc) is 3.38. The van der Waals surface area contributed by atoms with Gasteiger partial charge in [0.05, 0.1) is 12.6 Å². The molecule has 0 bridgehead atoms. The molecule has 0 spiro atoms. The van der Waals surface area contributed by atoms with Crippen LogP contribution in [0.2, 0.25) is 0 Å². The van der Waals surface area contributed by atoms with E-state index in [2.05, 4.69) is 54.8 Å². The van der Waals surface area contributed by atoms with E-state index < -0.39 is 12.1 Å². The van der Waals surface area contributed by atoms with Crippen LogP contribution in [0.3, 0.4) is 0 Å². The molecule has 0 fully saturated rings. The first-order valence-electron chi connectivity index (χ1n) is 15.4. The van der Waals surface area contributed by atoms with Crippen molar-refractivity contribution in [2.45, 2.75) is 84.3 Å². The van der Waals surface area contributed by atoms with Crippen molar-refractivity contribution in [3.63, 3.8) is 0 Å². The van der Waals surface area contributed by atoms with Gasteiger partial charge in [0.25, 0.3) is 0 Å². The Hall–Kier alpha value is -2.99. The van der Waals surface area contributed by atoms with E-state index in [4.69, 9.17) is 9.47 Å². The number of hydrogen-bond acceptors (Lipinski definition) is 4. The fourth-order valence-corrected chi connectivity index (χ4v) is 5.26. The maximum absolute atomic E-state index is 11.7. The zero-order valence-corrected chi connectivity index (χ0v) is 28.1. The summed E-state index contributed by atoms with van der Waals surface area (Å²) in [4.78, 5) is 11.7. The van der Waals surface area contributed by atoms with Gasteiger partial charge in [0.15, 0.2) is 0 Å². The molecular formula is C37H44NNaO4. The van der Waals surface area contributed by atoms with Crippen LogP contribution in [0, 0.1) is 6.92 Å². The van der Waals surface area contributed by atoms with Gasteiger partial charge >= 0.3 is 29.6 Å². The van der Waals surface area contributed by atoms with Crippen LogP contribution in [0.15, 0.2) is 91.0 Å². The summed E-state index contributed by atoms with van der Waals surface area (Å²) in [6.45, 7) is 5.85. The van der Waals surface area contributed by atoms with Crippen molar-refractivity contribution in [1.29, 1.82) is 0 Å². The smallest absolute Gasteiger partial charge is 0.546 e. The number of aromatic nitrogens is 1. The molecule has 0 saturated carbocycles. The summed E-state index contributed by atoms with van der Waals surface area (Å²) in [6, 6.07) is 29.8. The quantitative estimate of drug-likeness (QED) is 0.126. The van der Waals surface area contributed by atoms with Crippen LogP contribution in [0.4, 0.5) is 0 Å². The minimum atomic E-state index is -1.22. The predicted octanol–water partition coefficient (Wildman–Crippen LogP) is 4.58. The summed E-state index contributed by atoms with van der Waals surface area (Å²) in [7, 11) is 0. The maximum atomic E-state index is 11.7. The molecule has 0 unspecified atom stereocenters. The normalized spacial score (nSPS) is 11.5. The first kappa shape index (κ1) is 34.5. The Balaban J connectivity index is 0.00000506. The number of benzene rings is 3. The molecule has 43 heavy (non-hydrogen) atoms. The third-order valence-corrected chi connectivity index (χ3v) is 7.69. The number of aryl methyl sites for hydroxylation is 2. The number of carbonyl (C=O) groups is 1. The number of hydrogen-bond donors (Lipinski definition) is 0. The Morgan fingerprint density at radius 2 is 1.44 bits per heavy atom. The second-order valence-electron chi connectivity index (χ2n) is 11.0. The van der Waals surface area contributed by atoms with Crippen molar-refractivity contribution in [2.75, 3.05) is 6.61 Å². The molecule has 0 amide bonds. The summed E-state index contributed by atoms with van der Waals surface area (Å²) in [5.74, 6) is 0.202. The van der Waals surface area contributed by atoms with Gasteiger partial charge in [-0.2, -0.15) is 0 Å². The van der Waals surface area contributed by atoms with Crippen molar-refractivity contribution in [2.24, 2.45) is 0 Å². The fourth-order valence-electron chi connectivity index (χ4n) is 5.26. The van der Waals surface area contributed by atoms with E-state index in [1.807, 2.05) is 54.6 Å². The van der Waals surface area contributed by atoms with Gasteiger partial charge in [-0.05, 0) is 91.4 Å². The monoisotopic (exact) mass is 589 g/mol. The summed E-state index contributed by atoms with van der Waals surface area (Å²) in [5.41, 5.74) is 5.61. The van der Waals surface area contributed by atoms with E-state index in [0.29, 0.717) is 12.4 Å². The number of nitrogens with zero attached hydrogens (tertiary/aromatic N) is 1. The molecular weight excluding hydrogens is 545 g/mol. The molecule has 0 radical (unpaired) electrons. The number of carbonyl (C=O) groups excluding carboxylic acids is 1. The number of carboxylic acid groups (broad SMARTS) is 1. The van der Waals surface area contributed by atoms with Gasteiger partial charge in [0.1, 0.15) is 17.6 Å². The topological polar surface area (TPSA) is 63.5 Å². The number of rotatable bonds is 18. The summed E-state index contributed by atoms with van der Waals surface area (Å²) in [5, 5.41) is 11.7. The SMILES string of the molecule is CCCCCCCCc1ccc(OCCCn2c(C)ccc2-c2ccc(O[C@H](Cc3ccccc3)C(=O)[O-])cc2)cc1.[Na+]. The van der Waals surface area contributed by atoms with Crippen LogP contribution in [0.1, 0.15) is 68.7 Å². The predicted molar refractivity (Wildman–Crippen MR) is 168 cm³/mol. The maximum Gasteiger partial charge on any atom is 1.00 e. The zero-order chi connectivity index (χ0) is 29.6.